The smallest absolute Gasteiger partial charge is 0.253 e. The van der Waals surface area contributed by atoms with E-state index in [-0.39, 0.29) is 29.0 Å². The summed E-state index contributed by atoms with van der Waals surface area (Å²) in [5, 5.41) is 3.19. The molecule has 0 spiro atoms. The van der Waals surface area contributed by atoms with Crippen LogP contribution in [-0.2, 0) is 10.0 Å². The summed E-state index contributed by atoms with van der Waals surface area (Å²) in [6.07, 6.45) is 3.65. The number of piperidine rings is 1. The molecular weight excluding hydrogens is 402 g/mol. The van der Waals surface area contributed by atoms with Crippen LogP contribution in [0.5, 0.6) is 5.75 Å². The van der Waals surface area contributed by atoms with Gasteiger partial charge >= 0.3 is 0 Å². The molecule has 2 heterocycles. The van der Waals surface area contributed by atoms with Crippen molar-refractivity contribution in [2.75, 3.05) is 46.9 Å². The SMILES string of the molecule is CNCC1CCN(C(=O)c2ccc(OC)c(S(=O)(=O)N3CCCC3)c2)CC1.Cl. The number of ether oxygens (including phenoxy) is 1. The molecule has 28 heavy (non-hydrogen) atoms. The van der Waals surface area contributed by atoms with Gasteiger partial charge in [0.25, 0.3) is 5.91 Å². The minimum atomic E-state index is -3.65. The van der Waals surface area contributed by atoms with Crippen molar-refractivity contribution in [1.29, 1.82) is 0 Å². The number of methoxy groups -OCH3 is 1. The van der Waals surface area contributed by atoms with Gasteiger partial charge in [-0.2, -0.15) is 4.31 Å². The summed E-state index contributed by atoms with van der Waals surface area (Å²) in [5.74, 6) is 0.755. The Labute approximate surface area is 173 Å². The number of sulfonamides is 1. The molecule has 0 atom stereocenters. The normalized spacial score (nSPS) is 18.7. The van der Waals surface area contributed by atoms with Crippen LogP contribution < -0.4 is 10.1 Å². The molecule has 0 bridgehead atoms. The highest BCUT2D eigenvalue weighted by Gasteiger charge is 2.31. The van der Waals surface area contributed by atoms with Gasteiger partial charge in [-0.15, -0.1) is 12.4 Å². The van der Waals surface area contributed by atoms with Crippen LogP contribution in [0, 0.1) is 5.92 Å². The fourth-order valence-electron chi connectivity index (χ4n) is 3.89. The Hall–Kier alpha value is -1.35. The fourth-order valence-corrected chi connectivity index (χ4v) is 5.59. The van der Waals surface area contributed by atoms with E-state index in [1.54, 1.807) is 12.1 Å². The number of halogens is 1. The predicted molar refractivity (Wildman–Crippen MR) is 111 cm³/mol. The molecule has 2 saturated heterocycles. The molecule has 0 unspecified atom stereocenters. The van der Waals surface area contributed by atoms with Crippen LogP contribution >= 0.6 is 12.4 Å². The third-order valence-corrected chi connectivity index (χ3v) is 7.41. The molecule has 3 rings (SSSR count). The molecule has 2 fully saturated rings. The third kappa shape index (κ3) is 4.79. The Bertz CT molecular complexity index is 773. The average Bonchev–Trinajstić information content (AvgIpc) is 3.23. The summed E-state index contributed by atoms with van der Waals surface area (Å²) in [4.78, 5) is 14.8. The number of hydrogen-bond donors (Lipinski definition) is 1. The molecule has 1 aromatic rings. The summed E-state index contributed by atoms with van der Waals surface area (Å²) < 4.78 is 32.7. The minimum Gasteiger partial charge on any atom is -0.495 e. The Kier molecular flexibility index (Phi) is 8.12. The first-order valence-electron chi connectivity index (χ1n) is 9.59. The molecule has 2 aliphatic heterocycles. The van der Waals surface area contributed by atoms with Gasteiger partial charge < -0.3 is 15.0 Å². The lowest BCUT2D eigenvalue weighted by atomic mass is 9.96. The second-order valence-electron chi connectivity index (χ2n) is 7.27. The summed E-state index contributed by atoms with van der Waals surface area (Å²) in [6.45, 7) is 3.39. The van der Waals surface area contributed by atoms with Crippen LogP contribution in [0.25, 0.3) is 0 Å². The van der Waals surface area contributed by atoms with E-state index < -0.39 is 10.0 Å². The number of nitrogens with one attached hydrogen (secondary N) is 1. The van der Waals surface area contributed by atoms with Crippen LogP contribution in [-0.4, -0.2) is 70.4 Å². The molecule has 0 aliphatic carbocycles. The zero-order valence-electron chi connectivity index (χ0n) is 16.5. The minimum absolute atomic E-state index is 0. The van der Waals surface area contributed by atoms with Crippen LogP contribution in [0.15, 0.2) is 23.1 Å². The van der Waals surface area contributed by atoms with E-state index in [1.165, 1.54) is 17.5 Å². The van der Waals surface area contributed by atoms with Crippen molar-refractivity contribution in [2.24, 2.45) is 5.92 Å². The van der Waals surface area contributed by atoms with E-state index in [2.05, 4.69) is 5.32 Å². The third-order valence-electron chi connectivity index (χ3n) is 5.49. The monoisotopic (exact) mass is 431 g/mol. The zero-order chi connectivity index (χ0) is 19.4. The van der Waals surface area contributed by atoms with Crippen molar-refractivity contribution in [3.05, 3.63) is 23.8 Å². The molecule has 1 amide bonds. The van der Waals surface area contributed by atoms with Crippen molar-refractivity contribution >= 4 is 28.3 Å². The Morgan fingerprint density at radius 2 is 1.82 bits per heavy atom. The summed E-state index contributed by atoms with van der Waals surface area (Å²) in [6, 6.07) is 4.72. The van der Waals surface area contributed by atoms with E-state index in [9.17, 15) is 13.2 Å². The maximum atomic E-state index is 13.0. The number of hydrogen-bond acceptors (Lipinski definition) is 5. The molecule has 0 saturated carbocycles. The lowest BCUT2D eigenvalue weighted by Crippen LogP contribution is -2.40. The van der Waals surface area contributed by atoms with Crippen LogP contribution in [0.1, 0.15) is 36.0 Å². The van der Waals surface area contributed by atoms with Gasteiger partial charge in [-0.3, -0.25) is 4.79 Å². The molecular formula is C19H30ClN3O4S. The quantitative estimate of drug-likeness (QED) is 0.745. The summed E-state index contributed by atoms with van der Waals surface area (Å²) in [7, 11) is -0.263. The maximum Gasteiger partial charge on any atom is 0.253 e. The predicted octanol–water partition coefficient (Wildman–Crippen LogP) is 1.97. The first kappa shape index (κ1) is 22.9. The van der Waals surface area contributed by atoms with Gasteiger partial charge in [-0.05, 0) is 63.4 Å². The van der Waals surface area contributed by atoms with Crippen molar-refractivity contribution < 1.29 is 17.9 Å². The Morgan fingerprint density at radius 1 is 1.18 bits per heavy atom. The molecule has 158 valence electrons. The van der Waals surface area contributed by atoms with E-state index in [0.29, 0.717) is 37.7 Å². The van der Waals surface area contributed by atoms with E-state index in [0.717, 1.165) is 32.2 Å². The number of benzene rings is 1. The average molecular weight is 432 g/mol. The van der Waals surface area contributed by atoms with Gasteiger partial charge in [0, 0.05) is 31.7 Å². The summed E-state index contributed by atoms with van der Waals surface area (Å²) >= 11 is 0. The molecule has 1 aromatic carbocycles. The van der Waals surface area contributed by atoms with Gasteiger partial charge in [-0.1, -0.05) is 0 Å². The van der Waals surface area contributed by atoms with Crippen molar-refractivity contribution in [1.82, 2.24) is 14.5 Å². The fraction of sp³-hybridized carbons (Fsp3) is 0.632. The number of rotatable bonds is 6. The highest BCUT2D eigenvalue weighted by atomic mass is 35.5. The van der Waals surface area contributed by atoms with Gasteiger partial charge in [0.15, 0.2) is 0 Å². The number of likely N-dealkylation sites (tertiary alicyclic amines) is 1. The second kappa shape index (κ2) is 9.91. The zero-order valence-corrected chi connectivity index (χ0v) is 18.2. The van der Waals surface area contributed by atoms with Gasteiger partial charge in [0.1, 0.15) is 10.6 Å². The topological polar surface area (TPSA) is 79.0 Å². The first-order valence-corrected chi connectivity index (χ1v) is 11.0. The molecule has 1 N–H and O–H groups in total. The first-order chi connectivity index (χ1) is 13.0. The number of carbonyl (C=O) groups is 1. The largest absolute Gasteiger partial charge is 0.495 e. The van der Waals surface area contributed by atoms with Crippen LogP contribution in [0.3, 0.4) is 0 Å². The molecule has 0 aromatic heterocycles. The lowest BCUT2D eigenvalue weighted by molar-refractivity contribution is 0.0690. The van der Waals surface area contributed by atoms with Crippen LogP contribution in [0.4, 0.5) is 0 Å². The maximum absolute atomic E-state index is 13.0. The van der Waals surface area contributed by atoms with Crippen LogP contribution in [0.2, 0.25) is 0 Å². The Balaban J connectivity index is 0.00000280. The highest BCUT2D eigenvalue weighted by Crippen LogP contribution is 2.30. The van der Waals surface area contributed by atoms with Crippen molar-refractivity contribution in [3.8, 4) is 5.75 Å². The number of amides is 1. The lowest BCUT2D eigenvalue weighted by Gasteiger charge is -2.32. The van der Waals surface area contributed by atoms with Crippen molar-refractivity contribution in [2.45, 2.75) is 30.6 Å². The highest BCUT2D eigenvalue weighted by molar-refractivity contribution is 7.89. The van der Waals surface area contributed by atoms with Crippen molar-refractivity contribution in [3.63, 3.8) is 0 Å². The number of nitrogens with zero attached hydrogens (tertiary/aromatic N) is 2. The molecule has 7 nitrogen and oxygen atoms in total. The standard InChI is InChI=1S/C19H29N3O4S.ClH/c1-20-14-15-7-11-21(12-8-15)19(23)16-5-6-17(26-2)18(13-16)27(24,25)22-9-3-4-10-22;/h5-6,13,15,20H,3-4,7-12,14H2,1-2H3;1H. The Morgan fingerprint density at radius 3 is 2.39 bits per heavy atom. The second-order valence-corrected chi connectivity index (χ2v) is 9.18. The van der Waals surface area contributed by atoms with E-state index in [4.69, 9.17) is 4.74 Å². The van der Waals surface area contributed by atoms with Gasteiger partial charge in [0.05, 0.1) is 7.11 Å². The number of carbonyl (C=O) groups excluding carboxylic acids is 1. The van der Waals surface area contributed by atoms with E-state index in [1.807, 2.05) is 11.9 Å². The molecule has 2 aliphatic rings. The molecule has 0 radical (unpaired) electrons. The van der Waals surface area contributed by atoms with E-state index >= 15 is 0 Å². The van der Waals surface area contributed by atoms with Gasteiger partial charge in [0.2, 0.25) is 10.0 Å². The molecule has 9 heteroatoms. The van der Waals surface area contributed by atoms with Gasteiger partial charge in [-0.25, -0.2) is 8.42 Å². The summed E-state index contributed by atoms with van der Waals surface area (Å²) in [5.41, 5.74) is 0.403.